The molecule has 0 saturated heterocycles. The van der Waals surface area contributed by atoms with Gasteiger partial charge in [0.1, 0.15) is 18.2 Å². The van der Waals surface area contributed by atoms with E-state index >= 15 is 0 Å². The van der Waals surface area contributed by atoms with Crippen LogP contribution in [0.25, 0.3) is 0 Å². The van der Waals surface area contributed by atoms with Gasteiger partial charge in [0.25, 0.3) is 0 Å². The molecule has 0 spiro atoms. The molecular formula is C21H24FNO3. The number of carbonyl (C=O) groups excluding carboxylic acids is 1. The topological polar surface area (TPSA) is 47.6 Å². The molecule has 0 radical (unpaired) electrons. The van der Waals surface area contributed by atoms with Gasteiger partial charge in [-0.15, -0.1) is 0 Å². The molecule has 138 valence electrons. The molecule has 3 rings (SSSR count). The van der Waals surface area contributed by atoms with Crippen molar-refractivity contribution >= 4 is 5.97 Å². The van der Waals surface area contributed by atoms with Crippen LogP contribution in [0.3, 0.4) is 0 Å². The average Bonchev–Trinajstić information content (AvgIpc) is 2.66. The lowest BCUT2D eigenvalue weighted by Crippen LogP contribution is -2.25. The maximum Gasteiger partial charge on any atom is 0.306 e. The van der Waals surface area contributed by atoms with E-state index in [1.165, 1.54) is 17.2 Å². The molecule has 4 nitrogen and oxygen atoms in total. The van der Waals surface area contributed by atoms with Crippen molar-refractivity contribution in [1.82, 2.24) is 5.32 Å². The van der Waals surface area contributed by atoms with Crippen molar-refractivity contribution in [3.8, 4) is 5.75 Å². The van der Waals surface area contributed by atoms with Crippen molar-refractivity contribution in [2.45, 2.75) is 39.3 Å². The number of rotatable bonds is 7. The fourth-order valence-electron chi connectivity index (χ4n) is 3.17. The molecule has 2 aromatic rings. The van der Waals surface area contributed by atoms with Crippen LogP contribution in [0.4, 0.5) is 4.39 Å². The molecule has 2 aromatic carbocycles. The first kappa shape index (κ1) is 18.4. The predicted octanol–water partition coefficient (Wildman–Crippen LogP) is 3.55. The molecule has 0 aromatic heterocycles. The number of hydrogen-bond acceptors (Lipinski definition) is 4. The van der Waals surface area contributed by atoms with Gasteiger partial charge in [-0.05, 0) is 54.6 Å². The Kier molecular flexibility index (Phi) is 6.23. The van der Waals surface area contributed by atoms with Crippen LogP contribution < -0.4 is 10.1 Å². The fraction of sp³-hybridized carbons (Fsp3) is 0.381. The summed E-state index contributed by atoms with van der Waals surface area (Å²) in [6.07, 6.45) is 1.52. The van der Waals surface area contributed by atoms with Gasteiger partial charge in [-0.25, -0.2) is 4.39 Å². The zero-order chi connectivity index (χ0) is 18.4. The summed E-state index contributed by atoms with van der Waals surface area (Å²) >= 11 is 0. The van der Waals surface area contributed by atoms with Crippen LogP contribution in [0, 0.1) is 5.82 Å². The molecule has 5 heteroatoms. The molecule has 0 aliphatic carbocycles. The van der Waals surface area contributed by atoms with Gasteiger partial charge in [0.15, 0.2) is 0 Å². The summed E-state index contributed by atoms with van der Waals surface area (Å²) in [6.45, 7) is 4.34. The number of nitrogens with one attached hydrogen (secondary N) is 1. The minimum atomic E-state index is -0.358. The van der Waals surface area contributed by atoms with Crippen LogP contribution in [-0.4, -0.2) is 19.1 Å². The number of ether oxygens (including phenoxy) is 2. The molecule has 0 unspecified atom stereocenters. The second kappa shape index (κ2) is 8.81. The van der Waals surface area contributed by atoms with Crippen LogP contribution >= 0.6 is 0 Å². The maximum atomic E-state index is 14.2. The Hall–Kier alpha value is -2.40. The number of halogens is 1. The Morgan fingerprint density at radius 3 is 2.92 bits per heavy atom. The number of carbonyl (C=O) groups is 1. The lowest BCUT2D eigenvalue weighted by molar-refractivity contribution is -0.143. The van der Waals surface area contributed by atoms with Crippen LogP contribution in [0.1, 0.15) is 35.6 Å². The minimum Gasteiger partial charge on any atom is -0.489 e. The van der Waals surface area contributed by atoms with Crippen molar-refractivity contribution in [2.24, 2.45) is 0 Å². The maximum absolute atomic E-state index is 14.2. The van der Waals surface area contributed by atoms with Crippen molar-refractivity contribution in [3.63, 3.8) is 0 Å². The molecule has 0 amide bonds. The first-order valence-electron chi connectivity index (χ1n) is 9.04. The van der Waals surface area contributed by atoms with Crippen LogP contribution in [0.15, 0.2) is 36.4 Å². The summed E-state index contributed by atoms with van der Waals surface area (Å²) in [5.41, 5.74) is 4.25. The van der Waals surface area contributed by atoms with Crippen LogP contribution in [0.2, 0.25) is 0 Å². The van der Waals surface area contributed by atoms with Crippen LogP contribution in [0.5, 0.6) is 5.75 Å². The van der Waals surface area contributed by atoms with E-state index in [1.54, 1.807) is 19.1 Å². The van der Waals surface area contributed by atoms with Gasteiger partial charge >= 0.3 is 5.97 Å². The van der Waals surface area contributed by atoms with Crippen LogP contribution in [-0.2, 0) is 35.5 Å². The van der Waals surface area contributed by atoms with E-state index in [-0.39, 0.29) is 18.2 Å². The third-order valence-electron chi connectivity index (χ3n) is 4.57. The number of benzene rings is 2. The lowest BCUT2D eigenvalue weighted by atomic mass is 9.96. The second-order valence-electron chi connectivity index (χ2n) is 6.33. The summed E-state index contributed by atoms with van der Waals surface area (Å²) in [6, 6.07) is 11.0. The third-order valence-corrected chi connectivity index (χ3v) is 4.57. The van der Waals surface area contributed by atoms with Gasteiger partial charge < -0.3 is 14.8 Å². The number of esters is 1. The summed E-state index contributed by atoms with van der Waals surface area (Å²) in [7, 11) is 0. The first-order valence-corrected chi connectivity index (χ1v) is 9.04. The fourth-order valence-corrected chi connectivity index (χ4v) is 3.17. The summed E-state index contributed by atoms with van der Waals surface area (Å²) in [5, 5.41) is 3.37. The zero-order valence-corrected chi connectivity index (χ0v) is 15.0. The highest BCUT2D eigenvalue weighted by atomic mass is 19.1. The van der Waals surface area contributed by atoms with Gasteiger partial charge in [0.2, 0.25) is 0 Å². The number of fused-ring (bicyclic) bond motifs is 1. The van der Waals surface area contributed by atoms with Gasteiger partial charge in [-0.3, -0.25) is 4.79 Å². The van der Waals surface area contributed by atoms with E-state index in [4.69, 9.17) is 9.47 Å². The molecule has 0 atom stereocenters. The SMILES string of the molecule is CCOC(=O)CCc1ccc(OCc2cccc3c2CNCC3)cc1F. The zero-order valence-electron chi connectivity index (χ0n) is 15.0. The van der Waals surface area contributed by atoms with E-state index in [9.17, 15) is 9.18 Å². The molecule has 0 fully saturated rings. The first-order chi connectivity index (χ1) is 12.7. The molecule has 1 heterocycles. The van der Waals surface area contributed by atoms with Crippen molar-refractivity contribution in [1.29, 1.82) is 0 Å². The van der Waals surface area contributed by atoms with Gasteiger partial charge in [-0.1, -0.05) is 24.3 Å². The van der Waals surface area contributed by atoms with Gasteiger partial charge in [-0.2, -0.15) is 0 Å². The molecular weight excluding hydrogens is 333 g/mol. The summed E-state index contributed by atoms with van der Waals surface area (Å²) in [5.74, 6) is -0.179. The predicted molar refractivity (Wildman–Crippen MR) is 97.5 cm³/mol. The molecule has 26 heavy (non-hydrogen) atoms. The Bertz CT molecular complexity index is 776. The number of hydrogen-bond donors (Lipinski definition) is 1. The monoisotopic (exact) mass is 357 g/mol. The largest absolute Gasteiger partial charge is 0.489 e. The highest BCUT2D eigenvalue weighted by molar-refractivity contribution is 5.69. The van der Waals surface area contributed by atoms with Gasteiger partial charge in [0, 0.05) is 19.0 Å². The van der Waals surface area contributed by atoms with Crippen molar-refractivity contribution in [2.75, 3.05) is 13.2 Å². The lowest BCUT2D eigenvalue weighted by Gasteiger charge is -2.20. The van der Waals surface area contributed by atoms with E-state index in [0.717, 1.165) is 25.1 Å². The molecule has 1 aliphatic rings. The molecule has 0 saturated carbocycles. The molecule has 0 bridgehead atoms. The highest BCUT2D eigenvalue weighted by Gasteiger charge is 2.13. The normalized spacial score (nSPS) is 13.2. The third kappa shape index (κ3) is 4.61. The Balaban J connectivity index is 1.61. The van der Waals surface area contributed by atoms with Crippen molar-refractivity contribution in [3.05, 3.63) is 64.5 Å². The van der Waals surface area contributed by atoms with Crippen molar-refractivity contribution < 1.29 is 18.7 Å². The Morgan fingerprint density at radius 1 is 1.23 bits per heavy atom. The second-order valence-corrected chi connectivity index (χ2v) is 6.33. The Morgan fingerprint density at radius 2 is 2.12 bits per heavy atom. The smallest absolute Gasteiger partial charge is 0.306 e. The standard InChI is InChI=1S/C21H24FNO3/c1-2-25-21(24)9-7-16-6-8-18(12-20(16)22)26-14-17-5-3-4-15-10-11-23-13-19(15)17/h3-6,8,12,23H,2,7,9-11,13-14H2,1H3. The van der Waals surface area contributed by atoms with E-state index in [1.807, 2.05) is 6.07 Å². The number of aryl methyl sites for hydroxylation is 1. The summed E-state index contributed by atoms with van der Waals surface area (Å²) in [4.78, 5) is 11.4. The van der Waals surface area contributed by atoms with E-state index in [0.29, 0.717) is 30.9 Å². The molecule has 1 N–H and O–H groups in total. The van der Waals surface area contributed by atoms with E-state index in [2.05, 4.69) is 17.4 Å². The average molecular weight is 357 g/mol. The van der Waals surface area contributed by atoms with Gasteiger partial charge in [0.05, 0.1) is 6.61 Å². The summed E-state index contributed by atoms with van der Waals surface area (Å²) < 4.78 is 24.9. The highest BCUT2D eigenvalue weighted by Crippen LogP contribution is 2.22. The quantitative estimate of drug-likeness (QED) is 0.770. The molecule has 1 aliphatic heterocycles. The minimum absolute atomic E-state index is 0.175. The van der Waals surface area contributed by atoms with E-state index < -0.39 is 0 Å². The Labute approximate surface area is 153 Å².